The number of nitrogens with one attached hydrogen (secondary N) is 1. The lowest BCUT2D eigenvalue weighted by Gasteiger charge is -2.28. The van der Waals surface area contributed by atoms with E-state index < -0.39 is 5.97 Å². The van der Waals surface area contributed by atoms with Crippen molar-refractivity contribution in [1.29, 1.82) is 0 Å². The summed E-state index contributed by atoms with van der Waals surface area (Å²) in [5.74, 6) is -0.514. The fourth-order valence-electron chi connectivity index (χ4n) is 2.02. The first-order chi connectivity index (χ1) is 8.16. The first-order valence-electron chi connectivity index (χ1n) is 5.73. The van der Waals surface area contributed by atoms with Gasteiger partial charge in [0, 0.05) is 18.8 Å². The summed E-state index contributed by atoms with van der Waals surface area (Å²) in [4.78, 5) is 15.1. The van der Waals surface area contributed by atoms with Crippen LogP contribution < -0.4 is 5.32 Å². The van der Waals surface area contributed by atoms with Crippen molar-refractivity contribution < 1.29 is 14.6 Å². The zero-order valence-electron chi connectivity index (χ0n) is 9.72. The molecule has 0 bridgehead atoms. The molecule has 5 heteroatoms. The van der Waals surface area contributed by atoms with Crippen molar-refractivity contribution in [1.82, 2.24) is 4.98 Å². The van der Waals surface area contributed by atoms with Crippen LogP contribution in [-0.2, 0) is 4.74 Å². The number of aromatic carboxylic acids is 1. The lowest BCUT2D eigenvalue weighted by Crippen LogP contribution is -2.33. The molecule has 0 amide bonds. The van der Waals surface area contributed by atoms with Crippen LogP contribution in [0.5, 0.6) is 0 Å². The summed E-state index contributed by atoms with van der Waals surface area (Å²) in [6.45, 7) is 2.72. The van der Waals surface area contributed by atoms with Crippen molar-refractivity contribution >= 4 is 11.8 Å². The van der Waals surface area contributed by atoms with E-state index in [1.54, 1.807) is 18.3 Å². The van der Waals surface area contributed by atoms with Gasteiger partial charge in [0.05, 0.1) is 6.10 Å². The molecule has 1 aromatic heterocycles. The SMILES string of the molecule is CC1CC(Nc2ncccc2C(=O)O)CCO1. The number of carboxylic acid groups (broad SMARTS) is 1. The van der Waals surface area contributed by atoms with E-state index in [0.29, 0.717) is 12.4 Å². The number of anilines is 1. The second kappa shape index (κ2) is 5.14. The smallest absolute Gasteiger partial charge is 0.339 e. The highest BCUT2D eigenvalue weighted by Crippen LogP contribution is 2.19. The second-order valence-corrected chi connectivity index (χ2v) is 4.25. The van der Waals surface area contributed by atoms with Gasteiger partial charge in [0.25, 0.3) is 0 Å². The summed E-state index contributed by atoms with van der Waals surface area (Å²) in [5, 5.41) is 12.2. The van der Waals surface area contributed by atoms with E-state index in [4.69, 9.17) is 9.84 Å². The van der Waals surface area contributed by atoms with Gasteiger partial charge >= 0.3 is 5.97 Å². The van der Waals surface area contributed by atoms with Crippen LogP contribution in [0.3, 0.4) is 0 Å². The van der Waals surface area contributed by atoms with E-state index in [1.807, 2.05) is 6.92 Å². The van der Waals surface area contributed by atoms with Crippen LogP contribution in [0.4, 0.5) is 5.82 Å². The molecule has 2 heterocycles. The van der Waals surface area contributed by atoms with Crippen LogP contribution >= 0.6 is 0 Å². The van der Waals surface area contributed by atoms with Crippen LogP contribution in [0.15, 0.2) is 18.3 Å². The molecule has 2 N–H and O–H groups in total. The molecule has 1 fully saturated rings. The van der Waals surface area contributed by atoms with Crippen LogP contribution in [0.25, 0.3) is 0 Å². The second-order valence-electron chi connectivity index (χ2n) is 4.25. The Morgan fingerprint density at radius 1 is 1.65 bits per heavy atom. The predicted octanol–water partition coefficient (Wildman–Crippen LogP) is 1.76. The Balaban J connectivity index is 2.10. The molecule has 92 valence electrons. The Morgan fingerprint density at radius 2 is 2.47 bits per heavy atom. The van der Waals surface area contributed by atoms with Crippen LogP contribution in [0.1, 0.15) is 30.1 Å². The molecule has 1 aliphatic heterocycles. The summed E-state index contributed by atoms with van der Waals surface area (Å²) in [6, 6.07) is 3.41. The molecule has 0 spiro atoms. The minimum Gasteiger partial charge on any atom is -0.478 e. The van der Waals surface area contributed by atoms with Gasteiger partial charge in [0.1, 0.15) is 11.4 Å². The lowest BCUT2D eigenvalue weighted by molar-refractivity contribution is 0.0231. The maximum absolute atomic E-state index is 11.0. The molecule has 0 aromatic carbocycles. The fraction of sp³-hybridized carbons (Fsp3) is 0.500. The third kappa shape index (κ3) is 2.94. The highest BCUT2D eigenvalue weighted by atomic mass is 16.5. The number of nitrogens with zero attached hydrogens (tertiary/aromatic N) is 1. The monoisotopic (exact) mass is 236 g/mol. The zero-order chi connectivity index (χ0) is 12.3. The molecule has 0 radical (unpaired) electrons. The third-order valence-electron chi connectivity index (χ3n) is 2.86. The van der Waals surface area contributed by atoms with Gasteiger partial charge in [-0.3, -0.25) is 0 Å². The Morgan fingerprint density at radius 3 is 3.18 bits per heavy atom. The average molecular weight is 236 g/mol. The lowest BCUT2D eigenvalue weighted by atomic mass is 10.0. The number of pyridine rings is 1. The molecule has 1 aliphatic rings. The van der Waals surface area contributed by atoms with Crippen molar-refractivity contribution in [2.24, 2.45) is 0 Å². The highest BCUT2D eigenvalue weighted by Gasteiger charge is 2.21. The molecule has 2 atom stereocenters. The third-order valence-corrected chi connectivity index (χ3v) is 2.86. The van der Waals surface area contributed by atoms with Crippen molar-refractivity contribution in [2.75, 3.05) is 11.9 Å². The van der Waals surface area contributed by atoms with Crippen molar-refractivity contribution in [3.05, 3.63) is 23.9 Å². The first kappa shape index (κ1) is 11.9. The quantitative estimate of drug-likeness (QED) is 0.836. The van der Waals surface area contributed by atoms with Gasteiger partial charge in [-0.05, 0) is 31.9 Å². The highest BCUT2D eigenvalue weighted by molar-refractivity contribution is 5.93. The average Bonchev–Trinajstić information content (AvgIpc) is 2.29. The standard InChI is InChI=1S/C12H16N2O3/c1-8-7-9(4-6-17-8)14-11-10(12(15)16)3-2-5-13-11/h2-3,5,8-9H,4,6-7H2,1H3,(H,13,14)(H,15,16). The van der Waals surface area contributed by atoms with E-state index in [9.17, 15) is 4.79 Å². The van der Waals surface area contributed by atoms with Crippen molar-refractivity contribution in [3.63, 3.8) is 0 Å². The number of hydrogen-bond donors (Lipinski definition) is 2. The van der Waals surface area contributed by atoms with Gasteiger partial charge in [-0.1, -0.05) is 0 Å². The summed E-state index contributed by atoms with van der Waals surface area (Å²) in [6.07, 6.45) is 3.55. The van der Waals surface area contributed by atoms with Crippen LogP contribution in [0.2, 0.25) is 0 Å². The Hall–Kier alpha value is -1.62. The number of rotatable bonds is 3. The maximum atomic E-state index is 11.0. The van der Waals surface area contributed by atoms with E-state index in [1.165, 1.54) is 0 Å². The molecular formula is C12H16N2O3. The van der Waals surface area contributed by atoms with Gasteiger partial charge in [-0.2, -0.15) is 0 Å². The largest absolute Gasteiger partial charge is 0.478 e. The molecule has 2 unspecified atom stereocenters. The summed E-state index contributed by atoms with van der Waals surface area (Å²) >= 11 is 0. The Bertz CT molecular complexity index is 408. The predicted molar refractivity (Wildman–Crippen MR) is 63.3 cm³/mol. The fourth-order valence-corrected chi connectivity index (χ4v) is 2.02. The Kier molecular flexibility index (Phi) is 3.58. The van der Waals surface area contributed by atoms with Gasteiger partial charge in [-0.15, -0.1) is 0 Å². The van der Waals surface area contributed by atoms with Gasteiger partial charge in [0.15, 0.2) is 0 Å². The molecule has 5 nitrogen and oxygen atoms in total. The van der Waals surface area contributed by atoms with Crippen molar-refractivity contribution in [3.8, 4) is 0 Å². The molecule has 17 heavy (non-hydrogen) atoms. The first-order valence-corrected chi connectivity index (χ1v) is 5.73. The summed E-state index contributed by atoms with van der Waals surface area (Å²) in [5.41, 5.74) is 0.214. The summed E-state index contributed by atoms with van der Waals surface area (Å²) in [7, 11) is 0. The topological polar surface area (TPSA) is 71.5 Å². The minimum absolute atomic E-state index is 0.207. The van der Waals surface area contributed by atoms with Gasteiger partial charge < -0.3 is 15.2 Å². The normalized spacial score (nSPS) is 24.3. The number of carboxylic acids is 1. The molecular weight excluding hydrogens is 220 g/mol. The van der Waals surface area contributed by atoms with E-state index >= 15 is 0 Å². The number of carbonyl (C=O) groups is 1. The van der Waals surface area contributed by atoms with Gasteiger partial charge in [0.2, 0.25) is 0 Å². The van der Waals surface area contributed by atoms with E-state index in [-0.39, 0.29) is 17.7 Å². The van der Waals surface area contributed by atoms with Crippen LogP contribution in [-0.4, -0.2) is 34.8 Å². The zero-order valence-corrected chi connectivity index (χ0v) is 9.72. The Labute approximate surface area is 99.8 Å². The van der Waals surface area contributed by atoms with E-state index in [0.717, 1.165) is 12.8 Å². The minimum atomic E-state index is -0.958. The van der Waals surface area contributed by atoms with Crippen molar-refractivity contribution in [2.45, 2.75) is 31.9 Å². The summed E-state index contributed by atoms with van der Waals surface area (Å²) < 4.78 is 5.45. The number of aromatic nitrogens is 1. The van der Waals surface area contributed by atoms with E-state index in [2.05, 4.69) is 10.3 Å². The number of hydrogen-bond acceptors (Lipinski definition) is 4. The maximum Gasteiger partial charge on any atom is 0.339 e. The van der Waals surface area contributed by atoms with Gasteiger partial charge in [-0.25, -0.2) is 9.78 Å². The molecule has 1 aromatic rings. The molecule has 0 saturated carbocycles. The molecule has 1 saturated heterocycles. The van der Waals surface area contributed by atoms with Crippen LogP contribution in [0, 0.1) is 0 Å². The number of ether oxygens (including phenoxy) is 1. The molecule has 0 aliphatic carbocycles. The molecule has 2 rings (SSSR count).